The molecule has 0 radical (unpaired) electrons. The van der Waals surface area contributed by atoms with Crippen molar-refractivity contribution >= 4 is 41.3 Å². The summed E-state index contributed by atoms with van der Waals surface area (Å²) < 4.78 is 9.02. The molecule has 0 aliphatic heterocycles. The second kappa shape index (κ2) is 8.57. The van der Waals surface area contributed by atoms with Crippen LogP contribution in [0.4, 0.5) is 0 Å². The van der Waals surface area contributed by atoms with Gasteiger partial charge in [0.15, 0.2) is 0 Å². The summed E-state index contributed by atoms with van der Waals surface area (Å²) >= 11 is 2.81. The van der Waals surface area contributed by atoms with Crippen LogP contribution < -0.4 is 0 Å². The number of esters is 1. The SMILES string of the molecule is [N-]=[N+]=CC(=O)CCC(=O)OCSCc1ccsn1. The predicted molar refractivity (Wildman–Crippen MR) is 68.3 cm³/mol. The smallest absolute Gasteiger partial charge is 0.323 e. The molecule has 8 heteroatoms. The Hall–Kier alpha value is -1.50. The fourth-order valence-corrected chi connectivity index (χ4v) is 2.28. The molecule has 0 fully saturated rings. The fraction of sp³-hybridized carbons (Fsp3) is 0.400. The normalized spacial score (nSPS) is 9.56. The van der Waals surface area contributed by atoms with E-state index in [9.17, 15) is 9.59 Å². The van der Waals surface area contributed by atoms with Crippen molar-refractivity contribution < 1.29 is 19.1 Å². The van der Waals surface area contributed by atoms with Crippen molar-refractivity contribution in [3.63, 3.8) is 0 Å². The van der Waals surface area contributed by atoms with Crippen LogP contribution in [0.2, 0.25) is 0 Å². The van der Waals surface area contributed by atoms with Gasteiger partial charge in [-0.1, -0.05) is 0 Å². The van der Waals surface area contributed by atoms with Gasteiger partial charge in [-0.25, -0.2) is 0 Å². The van der Waals surface area contributed by atoms with Crippen LogP contribution >= 0.6 is 23.3 Å². The van der Waals surface area contributed by atoms with Gasteiger partial charge in [-0.3, -0.25) is 9.59 Å². The average Bonchev–Trinajstić information content (AvgIpc) is 2.85. The number of ketones is 1. The van der Waals surface area contributed by atoms with Gasteiger partial charge >= 0.3 is 12.2 Å². The second-order valence-corrected chi connectivity index (χ2v) is 4.78. The van der Waals surface area contributed by atoms with Gasteiger partial charge in [0.25, 0.3) is 0 Å². The van der Waals surface area contributed by atoms with Crippen LogP contribution in [0.25, 0.3) is 5.53 Å². The maximum absolute atomic E-state index is 11.2. The summed E-state index contributed by atoms with van der Waals surface area (Å²) in [6, 6.07) is 1.91. The van der Waals surface area contributed by atoms with Crippen molar-refractivity contribution in [2.24, 2.45) is 0 Å². The molecule has 0 amide bonds. The molecule has 0 unspecified atom stereocenters. The zero-order valence-electron chi connectivity index (χ0n) is 9.44. The van der Waals surface area contributed by atoms with Crippen molar-refractivity contribution in [3.8, 4) is 0 Å². The molecule has 0 saturated carbocycles. The quantitative estimate of drug-likeness (QED) is 0.180. The number of aromatic nitrogens is 1. The van der Waals surface area contributed by atoms with E-state index in [4.69, 9.17) is 10.3 Å². The number of nitrogens with zero attached hydrogens (tertiary/aromatic N) is 3. The molecule has 0 saturated heterocycles. The maximum Gasteiger partial charge on any atom is 0.323 e. The maximum atomic E-state index is 11.2. The topological polar surface area (TPSA) is 92.7 Å². The third kappa shape index (κ3) is 6.29. The van der Waals surface area contributed by atoms with E-state index in [1.807, 2.05) is 11.4 Å². The molecule has 0 aliphatic carbocycles. The van der Waals surface area contributed by atoms with E-state index in [2.05, 4.69) is 9.16 Å². The average molecular weight is 285 g/mol. The molecule has 0 bridgehead atoms. The van der Waals surface area contributed by atoms with Crippen LogP contribution in [0, 0.1) is 0 Å². The highest BCUT2D eigenvalue weighted by atomic mass is 32.2. The van der Waals surface area contributed by atoms with Crippen LogP contribution in [-0.2, 0) is 20.1 Å². The lowest BCUT2D eigenvalue weighted by atomic mass is 10.2. The molecule has 0 N–H and O–H groups in total. The number of hydrogen-bond acceptors (Lipinski definition) is 6. The highest BCUT2D eigenvalue weighted by Gasteiger charge is 2.08. The molecule has 1 rings (SSSR count). The largest absolute Gasteiger partial charge is 0.455 e. The molecule has 0 atom stereocenters. The Morgan fingerprint density at radius 1 is 1.56 bits per heavy atom. The van der Waals surface area contributed by atoms with Gasteiger partial charge in [0.05, 0.1) is 12.1 Å². The van der Waals surface area contributed by atoms with Crippen LogP contribution in [-0.4, -0.2) is 33.1 Å². The third-order valence-electron chi connectivity index (χ3n) is 1.82. The van der Waals surface area contributed by atoms with Gasteiger partial charge in [0.1, 0.15) is 5.94 Å². The van der Waals surface area contributed by atoms with Crippen LogP contribution in [0.15, 0.2) is 11.4 Å². The predicted octanol–water partition coefficient (Wildman–Crippen LogP) is 1.53. The minimum Gasteiger partial charge on any atom is -0.455 e. The molecule has 1 aromatic rings. The first-order valence-corrected chi connectivity index (χ1v) is 7.04. The van der Waals surface area contributed by atoms with Gasteiger partial charge in [-0.2, -0.15) is 9.16 Å². The molecule has 6 nitrogen and oxygen atoms in total. The first-order chi connectivity index (χ1) is 8.72. The van der Waals surface area contributed by atoms with E-state index in [1.54, 1.807) is 0 Å². The lowest BCUT2D eigenvalue weighted by molar-refractivity contribution is -0.142. The summed E-state index contributed by atoms with van der Waals surface area (Å²) in [6.07, 6.45) is 0.742. The molecule has 96 valence electrons. The number of hydrogen-bond donors (Lipinski definition) is 0. The first kappa shape index (κ1) is 14.6. The van der Waals surface area contributed by atoms with E-state index in [0.29, 0.717) is 5.75 Å². The molecular formula is C10H11N3O3S2. The van der Waals surface area contributed by atoms with Gasteiger partial charge in [-0.15, -0.1) is 11.8 Å². The van der Waals surface area contributed by atoms with Gasteiger partial charge < -0.3 is 10.3 Å². The number of rotatable bonds is 8. The van der Waals surface area contributed by atoms with Gasteiger partial charge in [0, 0.05) is 17.6 Å². The Labute approximate surface area is 112 Å². The summed E-state index contributed by atoms with van der Waals surface area (Å²) in [5, 5.41) is 1.89. The molecule has 0 spiro atoms. The first-order valence-electron chi connectivity index (χ1n) is 5.05. The Balaban J connectivity index is 2.06. The molecule has 1 aromatic heterocycles. The van der Waals surface area contributed by atoms with Gasteiger partial charge in [0.2, 0.25) is 5.78 Å². The van der Waals surface area contributed by atoms with Crippen molar-refractivity contribution in [3.05, 3.63) is 22.7 Å². The fourth-order valence-electron chi connectivity index (χ4n) is 0.992. The van der Waals surface area contributed by atoms with E-state index in [-0.39, 0.29) is 18.8 Å². The number of Topliss-reactive ketones (excluding diaryl/α,β-unsaturated/α-hetero) is 1. The van der Waals surface area contributed by atoms with E-state index >= 15 is 0 Å². The second-order valence-electron chi connectivity index (χ2n) is 3.18. The molecule has 1 heterocycles. The summed E-state index contributed by atoms with van der Waals surface area (Å²) in [4.78, 5) is 24.7. The van der Waals surface area contributed by atoms with Crippen molar-refractivity contribution in [1.29, 1.82) is 0 Å². The van der Waals surface area contributed by atoms with Crippen LogP contribution in [0.1, 0.15) is 18.5 Å². The van der Waals surface area contributed by atoms with Crippen molar-refractivity contribution in [1.82, 2.24) is 4.37 Å². The Morgan fingerprint density at radius 2 is 2.39 bits per heavy atom. The highest BCUT2D eigenvalue weighted by Crippen LogP contribution is 2.12. The number of thioether (sulfide) groups is 1. The Kier molecular flexibility index (Phi) is 6.93. The van der Waals surface area contributed by atoms with E-state index < -0.39 is 11.8 Å². The highest BCUT2D eigenvalue weighted by molar-refractivity contribution is 7.98. The molecule has 0 aliphatic rings. The number of carbonyl (C=O) groups is 2. The minimum absolute atomic E-state index is 0.0118. The summed E-state index contributed by atoms with van der Waals surface area (Å²) in [7, 11) is 0. The van der Waals surface area contributed by atoms with Crippen molar-refractivity contribution in [2.45, 2.75) is 18.6 Å². The van der Waals surface area contributed by atoms with E-state index in [1.165, 1.54) is 23.3 Å². The van der Waals surface area contributed by atoms with Crippen LogP contribution in [0.5, 0.6) is 0 Å². The summed E-state index contributed by atoms with van der Waals surface area (Å²) in [5.41, 5.74) is 9.04. The van der Waals surface area contributed by atoms with Crippen LogP contribution in [0.3, 0.4) is 0 Å². The zero-order chi connectivity index (χ0) is 13.2. The van der Waals surface area contributed by atoms with Crippen molar-refractivity contribution in [2.75, 3.05) is 5.94 Å². The third-order valence-corrected chi connectivity index (χ3v) is 3.20. The monoisotopic (exact) mass is 285 g/mol. The minimum atomic E-state index is -0.444. The summed E-state index contributed by atoms with van der Waals surface area (Å²) in [5.74, 6) is 0.0657. The summed E-state index contributed by atoms with van der Waals surface area (Å²) in [6.45, 7) is 0. The lowest BCUT2D eigenvalue weighted by Crippen LogP contribution is -2.08. The molecule has 18 heavy (non-hydrogen) atoms. The number of ether oxygens (including phenoxy) is 1. The van der Waals surface area contributed by atoms with E-state index in [0.717, 1.165) is 11.9 Å². The lowest BCUT2D eigenvalue weighted by Gasteiger charge is -2.02. The molecular weight excluding hydrogens is 274 g/mol. The Morgan fingerprint density at radius 3 is 3.06 bits per heavy atom. The van der Waals surface area contributed by atoms with Gasteiger partial charge in [-0.05, 0) is 17.6 Å². The Bertz CT molecular complexity index is 441. The molecule has 0 aromatic carbocycles. The standard InChI is InChI=1S/C10H11N3O3S2/c11-12-5-9(14)1-2-10(15)16-7-17-6-8-3-4-18-13-8/h3-5H,1-2,6-7H2. The number of carbonyl (C=O) groups excluding carboxylic acids is 2. The zero-order valence-corrected chi connectivity index (χ0v) is 11.1.